The van der Waals surface area contributed by atoms with Crippen LogP contribution < -0.4 is 0 Å². The predicted molar refractivity (Wildman–Crippen MR) is 114 cm³/mol. The number of hydrogen-bond acceptors (Lipinski definition) is 7. The van der Waals surface area contributed by atoms with Gasteiger partial charge in [0.2, 0.25) is 0 Å². The Morgan fingerprint density at radius 3 is 2.13 bits per heavy atom. The van der Waals surface area contributed by atoms with E-state index in [2.05, 4.69) is 20.4 Å². The Hall–Kier alpha value is -1.44. The van der Waals surface area contributed by atoms with Gasteiger partial charge in [0.15, 0.2) is 0 Å². The molecule has 0 radical (unpaired) electrons. The average molecular weight is 439 g/mol. The first-order valence-electron chi connectivity index (χ1n) is 11.2. The molecule has 31 heavy (non-hydrogen) atoms. The van der Waals surface area contributed by atoms with Crippen LogP contribution in [0.2, 0.25) is 0 Å². The first-order valence-corrected chi connectivity index (χ1v) is 11.2. The van der Waals surface area contributed by atoms with Gasteiger partial charge in [0.25, 0.3) is 0 Å². The molecule has 0 spiro atoms. The number of aliphatic hydroxyl groups is 2. The molecule has 2 aliphatic carbocycles. The molecule has 176 valence electrons. The smallest absolute Gasteiger partial charge is 0.303 e. The van der Waals surface area contributed by atoms with E-state index in [-0.39, 0.29) is 11.3 Å². The minimum absolute atomic E-state index is 0.337. The van der Waals surface area contributed by atoms with Crippen molar-refractivity contribution in [2.75, 3.05) is 0 Å². The topological polar surface area (TPSA) is 102 Å². The molecule has 0 aromatic heterocycles. The third-order valence-electron chi connectivity index (χ3n) is 8.29. The Morgan fingerprint density at radius 2 is 1.61 bits per heavy atom. The number of ether oxygens (including phenoxy) is 3. The highest BCUT2D eigenvalue weighted by Gasteiger charge is 2.74. The van der Waals surface area contributed by atoms with Crippen LogP contribution in [0.4, 0.5) is 0 Å². The predicted octanol–water partition coefficient (Wildman–Crippen LogP) is 2.77. The van der Waals surface area contributed by atoms with Crippen molar-refractivity contribution in [3.8, 4) is 0 Å². The molecule has 2 N–H and O–H groups in total. The van der Waals surface area contributed by atoms with Crippen molar-refractivity contribution in [1.29, 1.82) is 0 Å². The SMILES string of the molecule is C=CC1(C)CC(OC(C)=O)C2C(C)(O1)C(O)C(OC(C)=O)C1C(C)(C)CCC(O)C12C. The molecule has 3 rings (SSSR count). The van der Waals surface area contributed by atoms with Gasteiger partial charge < -0.3 is 24.4 Å². The molecular formula is C24H38O7. The first-order chi connectivity index (χ1) is 14.1. The van der Waals surface area contributed by atoms with Crippen LogP contribution in [-0.2, 0) is 23.8 Å². The summed E-state index contributed by atoms with van der Waals surface area (Å²) < 4.78 is 18.1. The van der Waals surface area contributed by atoms with E-state index in [1.165, 1.54) is 13.8 Å². The average Bonchev–Trinajstić information content (AvgIpc) is 2.61. The van der Waals surface area contributed by atoms with Crippen LogP contribution in [-0.4, -0.2) is 57.8 Å². The third-order valence-corrected chi connectivity index (χ3v) is 8.29. The van der Waals surface area contributed by atoms with Crippen molar-refractivity contribution in [1.82, 2.24) is 0 Å². The van der Waals surface area contributed by atoms with Gasteiger partial charge in [0.05, 0.1) is 11.7 Å². The van der Waals surface area contributed by atoms with Crippen molar-refractivity contribution >= 4 is 11.9 Å². The minimum atomic E-state index is -1.25. The van der Waals surface area contributed by atoms with Crippen molar-refractivity contribution < 1.29 is 34.0 Å². The summed E-state index contributed by atoms with van der Waals surface area (Å²) in [7, 11) is 0. The van der Waals surface area contributed by atoms with E-state index in [0.29, 0.717) is 19.3 Å². The van der Waals surface area contributed by atoms with Crippen LogP contribution in [0.1, 0.15) is 67.7 Å². The Balaban J connectivity index is 2.26. The molecule has 3 fully saturated rings. The van der Waals surface area contributed by atoms with E-state index in [0.717, 1.165) is 0 Å². The van der Waals surface area contributed by atoms with Crippen molar-refractivity contribution in [2.24, 2.45) is 22.7 Å². The fraction of sp³-hybridized carbons (Fsp3) is 0.833. The molecule has 1 saturated heterocycles. The Morgan fingerprint density at radius 1 is 1.03 bits per heavy atom. The molecule has 9 atom stereocenters. The molecule has 1 heterocycles. The van der Waals surface area contributed by atoms with Crippen molar-refractivity contribution in [3.05, 3.63) is 12.7 Å². The molecule has 7 nitrogen and oxygen atoms in total. The fourth-order valence-corrected chi connectivity index (χ4v) is 7.26. The fourth-order valence-electron chi connectivity index (χ4n) is 7.26. The molecular weight excluding hydrogens is 400 g/mol. The summed E-state index contributed by atoms with van der Waals surface area (Å²) in [5.41, 5.74) is -3.29. The largest absolute Gasteiger partial charge is 0.462 e. The molecule has 7 heteroatoms. The van der Waals surface area contributed by atoms with E-state index in [1.807, 2.05) is 13.8 Å². The Kier molecular flexibility index (Phi) is 5.91. The minimum Gasteiger partial charge on any atom is -0.462 e. The van der Waals surface area contributed by atoms with Crippen LogP contribution in [0.3, 0.4) is 0 Å². The Bertz CT molecular complexity index is 763. The van der Waals surface area contributed by atoms with Gasteiger partial charge >= 0.3 is 11.9 Å². The maximum absolute atomic E-state index is 12.1. The van der Waals surface area contributed by atoms with Gasteiger partial charge in [-0.25, -0.2) is 0 Å². The lowest BCUT2D eigenvalue weighted by Gasteiger charge is -2.69. The standard InChI is InChI=1S/C24H38O7/c1-9-22(6)12-15(29-13(2)25)18-23(7)16(27)10-11-21(4,5)19(23)17(30-14(3)26)20(28)24(18,8)31-22/h9,15-20,27-28H,1,10-12H2,2-8H3. The molecule has 0 aromatic rings. The highest BCUT2D eigenvalue weighted by atomic mass is 16.6. The monoisotopic (exact) mass is 438 g/mol. The van der Waals surface area contributed by atoms with E-state index >= 15 is 0 Å². The second-order valence-electron chi connectivity index (χ2n) is 11.0. The molecule has 0 bridgehead atoms. The van der Waals surface area contributed by atoms with Gasteiger partial charge in [0, 0.05) is 37.5 Å². The number of esters is 2. The van der Waals surface area contributed by atoms with Crippen molar-refractivity contribution in [2.45, 2.75) is 103 Å². The molecule has 0 aromatic carbocycles. The van der Waals surface area contributed by atoms with E-state index in [4.69, 9.17) is 14.2 Å². The van der Waals surface area contributed by atoms with Gasteiger partial charge in [-0.3, -0.25) is 9.59 Å². The zero-order valence-electron chi connectivity index (χ0n) is 19.8. The van der Waals surface area contributed by atoms with E-state index in [9.17, 15) is 19.8 Å². The van der Waals surface area contributed by atoms with Gasteiger partial charge in [-0.15, -0.1) is 6.58 Å². The zero-order chi connectivity index (χ0) is 23.6. The number of hydrogen-bond donors (Lipinski definition) is 2. The Labute approximate surface area is 185 Å². The summed E-state index contributed by atoms with van der Waals surface area (Å²) in [6.07, 6.45) is -0.128. The maximum Gasteiger partial charge on any atom is 0.303 e. The van der Waals surface area contributed by atoms with Crippen LogP contribution in [0.25, 0.3) is 0 Å². The lowest BCUT2D eigenvalue weighted by molar-refractivity contribution is -0.353. The first kappa shape index (κ1) is 24.2. The maximum atomic E-state index is 12.1. The van der Waals surface area contributed by atoms with Gasteiger partial charge in [-0.1, -0.05) is 26.8 Å². The number of rotatable bonds is 3. The van der Waals surface area contributed by atoms with Gasteiger partial charge in [-0.05, 0) is 32.1 Å². The normalized spacial score (nSPS) is 48.7. The molecule has 2 saturated carbocycles. The summed E-state index contributed by atoms with van der Waals surface area (Å²) in [6, 6.07) is 0. The van der Waals surface area contributed by atoms with E-state index < -0.39 is 58.9 Å². The second kappa shape index (κ2) is 7.56. The number of fused-ring (bicyclic) bond motifs is 3. The number of carbonyl (C=O) groups excluding carboxylic acids is 2. The summed E-state index contributed by atoms with van der Waals surface area (Å²) >= 11 is 0. The van der Waals surface area contributed by atoms with Crippen LogP contribution in [0.15, 0.2) is 12.7 Å². The highest BCUT2D eigenvalue weighted by Crippen LogP contribution is 2.66. The summed E-state index contributed by atoms with van der Waals surface area (Å²) in [6.45, 7) is 16.3. The molecule has 0 amide bonds. The van der Waals surface area contributed by atoms with Crippen LogP contribution >= 0.6 is 0 Å². The second-order valence-corrected chi connectivity index (χ2v) is 11.0. The van der Waals surface area contributed by atoms with Crippen molar-refractivity contribution in [3.63, 3.8) is 0 Å². The molecule has 9 unspecified atom stereocenters. The van der Waals surface area contributed by atoms with Gasteiger partial charge in [-0.2, -0.15) is 0 Å². The molecule has 1 aliphatic heterocycles. The summed E-state index contributed by atoms with van der Waals surface area (Å²) in [5.74, 6) is -1.81. The zero-order valence-corrected chi connectivity index (χ0v) is 19.8. The van der Waals surface area contributed by atoms with Crippen LogP contribution in [0, 0.1) is 22.7 Å². The summed E-state index contributed by atoms with van der Waals surface area (Å²) in [5, 5.41) is 23.1. The number of carbonyl (C=O) groups is 2. The third kappa shape index (κ3) is 3.62. The quantitative estimate of drug-likeness (QED) is 0.516. The number of aliphatic hydroxyl groups excluding tert-OH is 2. The van der Waals surface area contributed by atoms with Gasteiger partial charge in [0.1, 0.15) is 23.9 Å². The van der Waals surface area contributed by atoms with E-state index in [1.54, 1.807) is 13.0 Å². The highest BCUT2D eigenvalue weighted by molar-refractivity contribution is 5.67. The lowest BCUT2D eigenvalue weighted by Crippen LogP contribution is -2.78. The molecule has 3 aliphatic rings. The summed E-state index contributed by atoms with van der Waals surface area (Å²) in [4.78, 5) is 24.1. The van der Waals surface area contributed by atoms with Crippen LogP contribution in [0.5, 0.6) is 0 Å². The lowest BCUT2D eigenvalue weighted by atomic mass is 9.41.